The van der Waals surface area contributed by atoms with E-state index in [1.54, 1.807) is 12.1 Å². The standard InChI is InChI=1S/C20H20ClN3O3/c1-12-4-6-14(7-5-12)24-19(25)9-8-16(23-24)20(26)22-17-10-13(2)15(21)11-18(17)27-3/h4-7,10-11H,8-9H2,1-3H3,(H,22,26). The van der Waals surface area contributed by atoms with Crippen molar-refractivity contribution in [2.24, 2.45) is 5.10 Å². The van der Waals surface area contributed by atoms with Gasteiger partial charge in [-0.15, -0.1) is 0 Å². The van der Waals surface area contributed by atoms with Crippen molar-refractivity contribution in [3.63, 3.8) is 0 Å². The molecule has 1 aliphatic heterocycles. The zero-order valence-corrected chi connectivity index (χ0v) is 16.1. The molecule has 6 nitrogen and oxygen atoms in total. The van der Waals surface area contributed by atoms with Crippen LogP contribution in [0.4, 0.5) is 11.4 Å². The summed E-state index contributed by atoms with van der Waals surface area (Å²) in [5, 5.41) is 8.91. The second-order valence-corrected chi connectivity index (χ2v) is 6.75. The highest BCUT2D eigenvalue weighted by atomic mass is 35.5. The van der Waals surface area contributed by atoms with Gasteiger partial charge >= 0.3 is 0 Å². The fourth-order valence-electron chi connectivity index (χ4n) is 2.73. The number of methoxy groups -OCH3 is 1. The average Bonchev–Trinajstić information content (AvgIpc) is 2.65. The number of benzene rings is 2. The Hall–Kier alpha value is -2.86. The summed E-state index contributed by atoms with van der Waals surface area (Å²) in [6, 6.07) is 10.8. The average molecular weight is 386 g/mol. The Morgan fingerprint density at radius 2 is 1.89 bits per heavy atom. The predicted molar refractivity (Wildman–Crippen MR) is 107 cm³/mol. The van der Waals surface area contributed by atoms with Gasteiger partial charge in [0.1, 0.15) is 11.5 Å². The van der Waals surface area contributed by atoms with Crippen molar-refractivity contribution in [1.82, 2.24) is 0 Å². The van der Waals surface area contributed by atoms with Crippen LogP contribution in [0.25, 0.3) is 0 Å². The number of nitrogens with zero attached hydrogens (tertiary/aromatic N) is 2. The number of rotatable bonds is 4. The third kappa shape index (κ3) is 4.11. The van der Waals surface area contributed by atoms with Crippen LogP contribution in [0.5, 0.6) is 5.75 Å². The molecular weight excluding hydrogens is 366 g/mol. The van der Waals surface area contributed by atoms with E-state index in [0.717, 1.165) is 11.1 Å². The maximum atomic E-state index is 12.7. The molecule has 140 valence electrons. The highest BCUT2D eigenvalue weighted by molar-refractivity contribution is 6.44. The number of hydrazone groups is 1. The van der Waals surface area contributed by atoms with E-state index in [4.69, 9.17) is 16.3 Å². The summed E-state index contributed by atoms with van der Waals surface area (Å²) < 4.78 is 5.28. The summed E-state index contributed by atoms with van der Waals surface area (Å²) in [6.45, 7) is 3.80. The minimum absolute atomic E-state index is 0.143. The molecule has 2 aromatic rings. The first-order valence-corrected chi connectivity index (χ1v) is 8.89. The van der Waals surface area contributed by atoms with Gasteiger partial charge in [0.05, 0.1) is 18.5 Å². The quantitative estimate of drug-likeness (QED) is 0.861. The van der Waals surface area contributed by atoms with Crippen molar-refractivity contribution in [2.75, 3.05) is 17.4 Å². The summed E-state index contributed by atoms with van der Waals surface area (Å²) in [6.07, 6.45) is 0.499. The number of aryl methyl sites for hydroxylation is 2. The topological polar surface area (TPSA) is 71.0 Å². The Morgan fingerprint density at radius 3 is 2.56 bits per heavy atom. The summed E-state index contributed by atoms with van der Waals surface area (Å²) in [5.74, 6) is -0.0585. The van der Waals surface area contributed by atoms with Gasteiger partial charge in [-0.05, 0) is 37.6 Å². The van der Waals surface area contributed by atoms with Crippen molar-refractivity contribution in [1.29, 1.82) is 0 Å². The number of carbonyl (C=O) groups is 2. The molecule has 1 heterocycles. The largest absolute Gasteiger partial charge is 0.495 e. The Labute approximate surface area is 162 Å². The number of hydrogen-bond acceptors (Lipinski definition) is 4. The minimum Gasteiger partial charge on any atom is -0.495 e. The van der Waals surface area contributed by atoms with E-state index in [-0.39, 0.29) is 30.4 Å². The minimum atomic E-state index is -0.375. The number of anilines is 2. The summed E-state index contributed by atoms with van der Waals surface area (Å²) in [7, 11) is 1.51. The Balaban J connectivity index is 1.86. The third-order valence-corrected chi connectivity index (χ3v) is 4.71. The molecule has 0 fully saturated rings. The van der Waals surface area contributed by atoms with Crippen molar-refractivity contribution < 1.29 is 14.3 Å². The maximum absolute atomic E-state index is 12.7. The van der Waals surface area contributed by atoms with Gasteiger partial charge < -0.3 is 10.1 Å². The van der Waals surface area contributed by atoms with Crippen molar-refractivity contribution in [3.8, 4) is 5.75 Å². The fourth-order valence-corrected chi connectivity index (χ4v) is 2.88. The first-order valence-electron chi connectivity index (χ1n) is 8.51. The molecule has 0 aromatic heterocycles. The first kappa shape index (κ1) is 18.9. The van der Waals surface area contributed by atoms with Crippen LogP contribution in [0.3, 0.4) is 0 Å². The molecule has 0 unspecified atom stereocenters. The molecule has 0 saturated carbocycles. The molecule has 0 radical (unpaired) electrons. The molecule has 2 amide bonds. The number of hydrogen-bond donors (Lipinski definition) is 1. The van der Waals surface area contributed by atoms with Crippen molar-refractivity contribution in [3.05, 3.63) is 52.5 Å². The Bertz CT molecular complexity index is 923. The molecule has 0 aliphatic carbocycles. The molecule has 7 heteroatoms. The first-order chi connectivity index (χ1) is 12.9. The van der Waals surface area contributed by atoms with Gasteiger partial charge in [-0.1, -0.05) is 29.3 Å². The van der Waals surface area contributed by atoms with Gasteiger partial charge in [-0.25, -0.2) is 5.01 Å². The second kappa shape index (κ2) is 7.80. The van der Waals surface area contributed by atoms with E-state index in [0.29, 0.717) is 22.1 Å². The lowest BCUT2D eigenvalue weighted by Gasteiger charge is -2.23. The molecule has 2 aromatic carbocycles. The van der Waals surface area contributed by atoms with Crippen LogP contribution in [-0.4, -0.2) is 24.6 Å². The summed E-state index contributed by atoms with van der Waals surface area (Å²) in [4.78, 5) is 24.9. The van der Waals surface area contributed by atoms with Crippen molar-refractivity contribution >= 4 is 40.5 Å². The van der Waals surface area contributed by atoms with Gasteiger partial charge in [-0.3, -0.25) is 9.59 Å². The molecule has 3 rings (SSSR count). The monoisotopic (exact) mass is 385 g/mol. The van der Waals surface area contributed by atoms with Crippen LogP contribution < -0.4 is 15.1 Å². The highest BCUT2D eigenvalue weighted by Crippen LogP contribution is 2.31. The lowest BCUT2D eigenvalue weighted by Crippen LogP contribution is -2.36. The second-order valence-electron chi connectivity index (χ2n) is 6.34. The van der Waals surface area contributed by atoms with Crippen LogP contribution in [-0.2, 0) is 9.59 Å². The zero-order chi connectivity index (χ0) is 19.6. The number of amides is 2. The predicted octanol–water partition coefficient (Wildman–Crippen LogP) is 4.09. The molecule has 27 heavy (non-hydrogen) atoms. The van der Waals surface area contributed by atoms with Crippen LogP contribution >= 0.6 is 11.6 Å². The van der Waals surface area contributed by atoms with Crippen LogP contribution in [0, 0.1) is 13.8 Å². The van der Waals surface area contributed by atoms with Crippen LogP contribution in [0.2, 0.25) is 5.02 Å². The molecule has 0 bridgehead atoms. The normalized spacial score (nSPS) is 14.0. The van der Waals surface area contributed by atoms with Gasteiger partial charge in [0.2, 0.25) is 5.91 Å². The molecule has 0 atom stereocenters. The van der Waals surface area contributed by atoms with Crippen LogP contribution in [0.15, 0.2) is 41.5 Å². The maximum Gasteiger partial charge on any atom is 0.271 e. The molecular formula is C20H20ClN3O3. The van der Waals surface area contributed by atoms with Crippen molar-refractivity contribution in [2.45, 2.75) is 26.7 Å². The van der Waals surface area contributed by atoms with E-state index in [9.17, 15) is 9.59 Å². The fraction of sp³-hybridized carbons (Fsp3) is 0.250. The molecule has 1 N–H and O–H groups in total. The lowest BCUT2D eigenvalue weighted by molar-refractivity contribution is -0.118. The van der Waals surface area contributed by atoms with Crippen LogP contribution in [0.1, 0.15) is 24.0 Å². The van der Waals surface area contributed by atoms with Gasteiger partial charge in [0.15, 0.2) is 0 Å². The number of carbonyl (C=O) groups excluding carboxylic acids is 2. The molecule has 0 spiro atoms. The van der Waals surface area contributed by atoms with Gasteiger partial charge in [0, 0.05) is 23.9 Å². The number of nitrogens with one attached hydrogen (secondary N) is 1. The SMILES string of the molecule is COc1cc(Cl)c(C)cc1NC(=O)C1=NN(c2ccc(C)cc2)C(=O)CC1. The number of ether oxygens (including phenoxy) is 1. The van der Waals surface area contributed by atoms with E-state index in [1.807, 2.05) is 38.1 Å². The van der Waals surface area contributed by atoms with Gasteiger partial charge in [0.25, 0.3) is 5.91 Å². The molecule has 1 aliphatic rings. The van der Waals surface area contributed by atoms with E-state index in [2.05, 4.69) is 10.4 Å². The van der Waals surface area contributed by atoms with E-state index in [1.165, 1.54) is 12.1 Å². The van der Waals surface area contributed by atoms with E-state index >= 15 is 0 Å². The summed E-state index contributed by atoms with van der Waals surface area (Å²) >= 11 is 6.10. The Kier molecular flexibility index (Phi) is 5.46. The lowest BCUT2D eigenvalue weighted by atomic mass is 10.1. The smallest absolute Gasteiger partial charge is 0.271 e. The molecule has 0 saturated heterocycles. The zero-order valence-electron chi connectivity index (χ0n) is 15.4. The number of halogens is 1. The Morgan fingerprint density at radius 1 is 1.19 bits per heavy atom. The summed E-state index contributed by atoms with van der Waals surface area (Å²) in [5.41, 5.74) is 3.32. The van der Waals surface area contributed by atoms with E-state index < -0.39 is 0 Å². The van der Waals surface area contributed by atoms with Gasteiger partial charge in [-0.2, -0.15) is 5.10 Å². The third-order valence-electron chi connectivity index (χ3n) is 4.30. The highest BCUT2D eigenvalue weighted by Gasteiger charge is 2.26.